The minimum atomic E-state index is -0.112. The molecule has 13 heavy (non-hydrogen) atoms. The number of alkyl halides is 1. The van der Waals surface area contributed by atoms with E-state index < -0.39 is 0 Å². The zero-order valence-corrected chi connectivity index (χ0v) is 8.08. The van der Waals surface area contributed by atoms with Crippen LogP contribution < -0.4 is 4.74 Å². The van der Waals surface area contributed by atoms with Crippen LogP contribution in [0, 0.1) is 0 Å². The van der Waals surface area contributed by atoms with E-state index in [-0.39, 0.29) is 5.38 Å². The number of rotatable bonds is 1. The number of ether oxygens (including phenoxy) is 1. The lowest BCUT2D eigenvalue weighted by Crippen LogP contribution is -2.04. The minimum absolute atomic E-state index is 0.112. The lowest BCUT2D eigenvalue weighted by Gasteiger charge is -2.15. The molecule has 0 N–H and O–H groups in total. The predicted molar refractivity (Wildman–Crippen MR) is 53.8 cm³/mol. The molecule has 0 spiro atoms. The summed E-state index contributed by atoms with van der Waals surface area (Å²) >= 11 is 6.07. The number of fused-ring (bicyclic) bond motifs is 1. The van der Waals surface area contributed by atoms with Crippen LogP contribution in [-0.2, 0) is 6.54 Å². The number of nitrogens with zero attached hydrogens (tertiary/aromatic N) is 1. The Kier molecular flexibility index (Phi) is 2.23. The molecule has 0 saturated heterocycles. The Balaban J connectivity index is 2.45. The quantitative estimate of drug-likeness (QED) is 0.632. The van der Waals surface area contributed by atoms with Crippen molar-refractivity contribution in [2.45, 2.75) is 11.9 Å². The van der Waals surface area contributed by atoms with Crippen molar-refractivity contribution in [3.63, 3.8) is 0 Å². The molecule has 0 fully saturated rings. The van der Waals surface area contributed by atoms with E-state index in [9.17, 15) is 0 Å². The van der Waals surface area contributed by atoms with Gasteiger partial charge in [-0.3, -0.25) is 4.99 Å². The Hall–Kier alpha value is -1.02. The Morgan fingerprint density at radius 1 is 1.54 bits per heavy atom. The highest BCUT2D eigenvalue weighted by molar-refractivity contribution is 6.28. The van der Waals surface area contributed by atoms with Crippen molar-refractivity contribution in [1.82, 2.24) is 0 Å². The third-order valence-electron chi connectivity index (χ3n) is 2.15. The van der Waals surface area contributed by atoms with Crippen LogP contribution in [0.4, 0.5) is 0 Å². The second-order valence-electron chi connectivity index (χ2n) is 2.96. The molecule has 2 rings (SSSR count). The highest BCUT2D eigenvalue weighted by Gasteiger charge is 2.14. The molecule has 1 unspecified atom stereocenters. The predicted octanol–water partition coefficient (Wildman–Crippen LogP) is 2.56. The maximum Gasteiger partial charge on any atom is 0.119 e. The van der Waals surface area contributed by atoms with Crippen LogP contribution in [0.5, 0.6) is 5.75 Å². The van der Waals surface area contributed by atoms with E-state index in [2.05, 4.69) is 4.99 Å². The van der Waals surface area contributed by atoms with Crippen molar-refractivity contribution in [2.24, 2.45) is 4.99 Å². The van der Waals surface area contributed by atoms with Gasteiger partial charge in [0.1, 0.15) is 5.75 Å². The number of halogens is 1. The number of methoxy groups -OCH3 is 1. The molecule has 0 aliphatic carbocycles. The fourth-order valence-corrected chi connectivity index (χ4v) is 1.71. The van der Waals surface area contributed by atoms with Gasteiger partial charge in [-0.15, -0.1) is 11.6 Å². The second-order valence-corrected chi connectivity index (χ2v) is 3.43. The lowest BCUT2D eigenvalue weighted by atomic mass is 10.0. The molecule has 2 nitrogen and oxygen atoms in total. The number of benzene rings is 1. The van der Waals surface area contributed by atoms with E-state index in [0.717, 1.165) is 17.9 Å². The first kappa shape index (κ1) is 8.57. The molecule has 1 aliphatic rings. The third kappa shape index (κ3) is 1.54. The van der Waals surface area contributed by atoms with Crippen molar-refractivity contribution in [2.75, 3.05) is 7.11 Å². The van der Waals surface area contributed by atoms with Crippen molar-refractivity contribution < 1.29 is 4.74 Å². The standard InChI is InChI=1S/C10H10ClNO/c1-13-8-3-2-7-5-12-6-10(11)9(7)4-8/h2-4,6,10H,5H2,1H3. The summed E-state index contributed by atoms with van der Waals surface area (Å²) in [7, 11) is 1.65. The first-order chi connectivity index (χ1) is 6.31. The van der Waals surface area contributed by atoms with Crippen molar-refractivity contribution in [1.29, 1.82) is 0 Å². The van der Waals surface area contributed by atoms with Gasteiger partial charge in [0.2, 0.25) is 0 Å². The van der Waals surface area contributed by atoms with Crippen LogP contribution in [0.25, 0.3) is 0 Å². The highest BCUT2D eigenvalue weighted by Crippen LogP contribution is 2.29. The summed E-state index contributed by atoms with van der Waals surface area (Å²) in [4.78, 5) is 4.16. The number of aliphatic imine (C=N–C) groups is 1. The first-order valence-electron chi connectivity index (χ1n) is 4.12. The molecule has 1 aliphatic heterocycles. The molecule has 1 atom stereocenters. The summed E-state index contributed by atoms with van der Waals surface area (Å²) in [6, 6.07) is 5.92. The molecule has 0 aromatic heterocycles. The Morgan fingerprint density at radius 3 is 3.15 bits per heavy atom. The van der Waals surface area contributed by atoms with Gasteiger partial charge >= 0.3 is 0 Å². The molecular formula is C10H10ClNO. The molecule has 0 radical (unpaired) electrons. The second kappa shape index (κ2) is 3.38. The van der Waals surface area contributed by atoms with E-state index in [4.69, 9.17) is 16.3 Å². The van der Waals surface area contributed by atoms with Gasteiger partial charge in [-0.25, -0.2) is 0 Å². The van der Waals surface area contributed by atoms with Gasteiger partial charge in [0.05, 0.1) is 19.0 Å². The Morgan fingerprint density at radius 2 is 2.38 bits per heavy atom. The topological polar surface area (TPSA) is 21.6 Å². The first-order valence-corrected chi connectivity index (χ1v) is 4.56. The molecule has 1 aromatic carbocycles. The van der Waals surface area contributed by atoms with Crippen molar-refractivity contribution in [3.05, 3.63) is 29.3 Å². The molecule has 0 amide bonds. The summed E-state index contributed by atoms with van der Waals surface area (Å²) in [5, 5.41) is -0.112. The summed E-state index contributed by atoms with van der Waals surface area (Å²) in [6.07, 6.45) is 1.77. The third-order valence-corrected chi connectivity index (χ3v) is 2.50. The van der Waals surface area contributed by atoms with E-state index >= 15 is 0 Å². The van der Waals surface area contributed by atoms with Gasteiger partial charge in [0, 0.05) is 6.21 Å². The van der Waals surface area contributed by atoms with Crippen molar-refractivity contribution >= 4 is 17.8 Å². The maximum atomic E-state index is 6.07. The monoisotopic (exact) mass is 195 g/mol. The van der Waals surface area contributed by atoms with Crippen LogP contribution in [0.1, 0.15) is 16.5 Å². The maximum absolute atomic E-state index is 6.07. The number of hydrogen-bond donors (Lipinski definition) is 0. The Labute approximate surface area is 82.2 Å². The SMILES string of the molecule is COc1ccc2c(c1)C(Cl)C=NC2. The average Bonchev–Trinajstić information content (AvgIpc) is 2.18. The molecule has 0 bridgehead atoms. The van der Waals surface area contributed by atoms with Gasteiger partial charge in [-0.05, 0) is 23.3 Å². The average molecular weight is 196 g/mol. The molecular weight excluding hydrogens is 186 g/mol. The molecule has 68 valence electrons. The normalized spacial score (nSPS) is 19.7. The van der Waals surface area contributed by atoms with Crippen LogP contribution in [0.2, 0.25) is 0 Å². The lowest BCUT2D eigenvalue weighted by molar-refractivity contribution is 0.414. The van der Waals surface area contributed by atoms with Crippen LogP contribution in [0.15, 0.2) is 23.2 Å². The molecule has 0 saturated carbocycles. The van der Waals surface area contributed by atoms with Gasteiger partial charge in [-0.1, -0.05) is 6.07 Å². The van der Waals surface area contributed by atoms with Gasteiger partial charge in [0.15, 0.2) is 0 Å². The summed E-state index contributed by atoms with van der Waals surface area (Å²) < 4.78 is 5.13. The van der Waals surface area contributed by atoms with Gasteiger partial charge in [0.25, 0.3) is 0 Å². The van der Waals surface area contributed by atoms with Crippen molar-refractivity contribution in [3.8, 4) is 5.75 Å². The molecule has 1 aromatic rings. The van der Waals surface area contributed by atoms with E-state index in [1.165, 1.54) is 5.56 Å². The summed E-state index contributed by atoms with van der Waals surface area (Å²) in [5.41, 5.74) is 2.29. The summed E-state index contributed by atoms with van der Waals surface area (Å²) in [6.45, 7) is 0.725. The fraction of sp³-hybridized carbons (Fsp3) is 0.300. The molecule has 3 heteroatoms. The van der Waals surface area contributed by atoms with E-state index in [1.54, 1.807) is 13.3 Å². The van der Waals surface area contributed by atoms with E-state index in [1.807, 2.05) is 18.2 Å². The minimum Gasteiger partial charge on any atom is -0.497 e. The number of hydrogen-bond acceptors (Lipinski definition) is 2. The highest BCUT2D eigenvalue weighted by atomic mass is 35.5. The van der Waals surface area contributed by atoms with E-state index in [0.29, 0.717) is 0 Å². The zero-order chi connectivity index (χ0) is 9.26. The fourth-order valence-electron chi connectivity index (χ4n) is 1.42. The zero-order valence-electron chi connectivity index (χ0n) is 7.33. The molecule has 1 heterocycles. The van der Waals surface area contributed by atoms with Crippen LogP contribution >= 0.6 is 11.6 Å². The summed E-state index contributed by atoms with van der Waals surface area (Å²) in [5.74, 6) is 0.847. The van der Waals surface area contributed by atoms with Crippen LogP contribution in [-0.4, -0.2) is 13.3 Å². The smallest absolute Gasteiger partial charge is 0.119 e. The van der Waals surface area contributed by atoms with Gasteiger partial charge < -0.3 is 4.74 Å². The Bertz CT molecular complexity index is 349. The van der Waals surface area contributed by atoms with Gasteiger partial charge in [-0.2, -0.15) is 0 Å². The largest absolute Gasteiger partial charge is 0.497 e. The van der Waals surface area contributed by atoms with Crippen LogP contribution in [0.3, 0.4) is 0 Å².